The largest absolute Gasteiger partial charge is 0.431 e. The summed E-state index contributed by atoms with van der Waals surface area (Å²) in [5, 5.41) is 14.6. The van der Waals surface area contributed by atoms with Gasteiger partial charge < -0.3 is 10.8 Å². The van der Waals surface area contributed by atoms with Crippen LogP contribution in [0.2, 0.25) is 0 Å². The Bertz CT molecular complexity index is 880. The zero-order valence-corrected chi connectivity index (χ0v) is 13.2. The van der Waals surface area contributed by atoms with Crippen molar-refractivity contribution in [3.63, 3.8) is 0 Å². The molecular formula is C17H13F4N3O2. The Labute approximate surface area is 145 Å². The number of hydrogen-bond acceptors (Lipinski definition) is 4. The van der Waals surface area contributed by atoms with Gasteiger partial charge in [-0.1, -0.05) is 18.2 Å². The number of aliphatic hydroxyl groups is 1. The second-order valence-electron chi connectivity index (χ2n) is 5.79. The lowest BCUT2D eigenvalue weighted by atomic mass is 9.96. The van der Waals surface area contributed by atoms with E-state index in [1.165, 1.54) is 24.3 Å². The lowest BCUT2D eigenvalue weighted by Gasteiger charge is -2.31. The molecule has 1 aliphatic rings. The predicted octanol–water partition coefficient (Wildman–Crippen LogP) is 3.02. The number of benzene rings is 2. The monoisotopic (exact) mass is 367 g/mol. The molecule has 3 N–H and O–H groups in total. The average molecular weight is 367 g/mol. The van der Waals surface area contributed by atoms with Crippen molar-refractivity contribution >= 4 is 17.3 Å². The van der Waals surface area contributed by atoms with Crippen molar-refractivity contribution in [1.82, 2.24) is 5.01 Å². The van der Waals surface area contributed by atoms with Gasteiger partial charge in [0.05, 0.1) is 6.42 Å². The van der Waals surface area contributed by atoms with Crippen molar-refractivity contribution in [2.75, 3.05) is 5.73 Å². The molecule has 0 saturated carbocycles. The summed E-state index contributed by atoms with van der Waals surface area (Å²) in [6, 6.07) is 9.69. The van der Waals surface area contributed by atoms with Crippen molar-refractivity contribution in [3.8, 4) is 0 Å². The van der Waals surface area contributed by atoms with Gasteiger partial charge >= 0.3 is 6.18 Å². The van der Waals surface area contributed by atoms with E-state index in [0.29, 0.717) is 5.01 Å². The minimum absolute atomic E-state index is 0.0438. The highest BCUT2D eigenvalue weighted by molar-refractivity contribution is 6.00. The highest BCUT2D eigenvalue weighted by Crippen LogP contribution is 2.40. The van der Waals surface area contributed by atoms with Gasteiger partial charge in [0.1, 0.15) is 11.5 Å². The first-order valence-corrected chi connectivity index (χ1v) is 7.44. The van der Waals surface area contributed by atoms with Crippen molar-refractivity contribution in [2.24, 2.45) is 5.10 Å². The van der Waals surface area contributed by atoms with Crippen molar-refractivity contribution in [2.45, 2.75) is 18.3 Å². The first-order chi connectivity index (χ1) is 12.1. The molecule has 1 atom stereocenters. The van der Waals surface area contributed by atoms with Gasteiger partial charge in [-0.05, 0) is 30.3 Å². The van der Waals surface area contributed by atoms with E-state index >= 15 is 0 Å². The second-order valence-corrected chi connectivity index (χ2v) is 5.79. The molecule has 0 aromatic heterocycles. The summed E-state index contributed by atoms with van der Waals surface area (Å²) in [6.45, 7) is 0. The van der Waals surface area contributed by atoms with E-state index in [4.69, 9.17) is 5.73 Å². The fourth-order valence-corrected chi connectivity index (χ4v) is 2.65. The third-order valence-corrected chi connectivity index (χ3v) is 3.94. The quantitative estimate of drug-likeness (QED) is 0.633. The molecule has 0 fully saturated rings. The molecule has 5 nitrogen and oxygen atoms in total. The Morgan fingerprint density at radius 3 is 2.42 bits per heavy atom. The van der Waals surface area contributed by atoms with Gasteiger partial charge in [-0.2, -0.15) is 23.3 Å². The SMILES string of the molecule is Nc1cccc(C(=O)N2N=C(C(F)(F)F)C[C@]2(O)c2ccc(F)cc2)c1. The number of halogens is 4. The van der Waals surface area contributed by atoms with Crippen LogP contribution in [0.5, 0.6) is 0 Å². The molecule has 26 heavy (non-hydrogen) atoms. The maximum Gasteiger partial charge on any atom is 0.431 e. The van der Waals surface area contributed by atoms with Crippen LogP contribution in [-0.2, 0) is 5.72 Å². The van der Waals surface area contributed by atoms with E-state index in [2.05, 4.69) is 5.10 Å². The molecule has 0 unspecified atom stereocenters. The molecule has 2 aromatic rings. The second kappa shape index (κ2) is 6.10. The van der Waals surface area contributed by atoms with Crippen LogP contribution in [0.4, 0.5) is 23.2 Å². The van der Waals surface area contributed by atoms with Crippen LogP contribution in [0.1, 0.15) is 22.3 Å². The minimum atomic E-state index is -4.83. The number of carbonyl (C=O) groups is 1. The van der Waals surface area contributed by atoms with Crippen LogP contribution in [0.25, 0.3) is 0 Å². The summed E-state index contributed by atoms with van der Waals surface area (Å²) in [5.41, 5.74) is 1.96. The number of anilines is 1. The van der Waals surface area contributed by atoms with Gasteiger partial charge in [-0.25, -0.2) is 4.39 Å². The van der Waals surface area contributed by atoms with Crippen molar-refractivity contribution in [1.29, 1.82) is 0 Å². The fourth-order valence-electron chi connectivity index (χ4n) is 2.65. The molecule has 9 heteroatoms. The van der Waals surface area contributed by atoms with E-state index in [1.54, 1.807) is 0 Å². The number of hydrazone groups is 1. The van der Waals surface area contributed by atoms with E-state index in [9.17, 15) is 27.5 Å². The molecule has 136 valence electrons. The zero-order chi connectivity index (χ0) is 19.1. The van der Waals surface area contributed by atoms with E-state index in [1.807, 2.05) is 0 Å². The van der Waals surface area contributed by atoms with Gasteiger partial charge in [0.2, 0.25) is 0 Å². The maximum atomic E-state index is 13.1. The standard InChI is InChI=1S/C17H13F4N3O2/c18-12-6-4-11(5-7-12)16(26)9-14(17(19,20)21)23-24(16)15(25)10-2-1-3-13(22)8-10/h1-8,26H,9,22H2/t16-/m0/s1. The topological polar surface area (TPSA) is 78.9 Å². The zero-order valence-electron chi connectivity index (χ0n) is 13.2. The summed E-state index contributed by atoms with van der Waals surface area (Å²) >= 11 is 0. The molecule has 1 amide bonds. The molecule has 0 aliphatic carbocycles. The van der Waals surface area contributed by atoms with Crippen LogP contribution in [-0.4, -0.2) is 27.9 Å². The number of carbonyl (C=O) groups excluding carboxylic acids is 1. The third kappa shape index (κ3) is 3.13. The molecular weight excluding hydrogens is 354 g/mol. The van der Waals surface area contributed by atoms with E-state index in [0.717, 1.165) is 24.3 Å². The van der Waals surface area contributed by atoms with Gasteiger partial charge in [0.15, 0.2) is 5.72 Å². The normalized spacial score (nSPS) is 20.2. The van der Waals surface area contributed by atoms with Crippen LogP contribution in [0.3, 0.4) is 0 Å². The van der Waals surface area contributed by atoms with Gasteiger partial charge in [0, 0.05) is 16.8 Å². The van der Waals surface area contributed by atoms with Crippen molar-refractivity contribution < 1.29 is 27.5 Å². The lowest BCUT2D eigenvalue weighted by molar-refractivity contribution is -0.0816. The highest BCUT2D eigenvalue weighted by atomic mass is 19.4. The summed E-state index contributed by atoms with van der Waals surface area (Å²) in [4.78, 5) is 12.7. The summed E-state index contributed by atoms with van der Waals surface area (Å²) in [5.74, 6) is -1.61. The molecule has 1 heterocycles. The van der Waals surface area contributed by atoms with Crippen molar-refractivity contribution in [3.05, 3.63) is 65.5 Å². The number of nitrogens with two attached hydrogens (primary N) is 1. The first-order valence-electron chi connectivity index (χ1n) is 7.44. The Balaban J connectivity index is 2.08. The molecule has 0 radical (unpaired) electrons. The Hall–Kier alpha value is -2.94. The smallest absolute Gasteiger partial charge is 0.399 e. The summed E-state index contributed by atoms with van der Waals surface area (Å²) < 4.78 is 52.5. The van der Waals surface area contributed by atoms with Crippen LogP contribution >= 0.6 is 0 Å². The third-order valence-electron chi connectivity index (χ3n) is 3.94. The number of hydrogen-bond donors (Lipinski definition) is 2. The molecule has 1 aliphatic heterocycles. The average Bonchev–Trinajstić information content (AvgIpc) is 2.94. The van der Waals surface area contributed by atoms with Gasteiger partial charge in [-0.3, -0.25) is 4.79 Å². The number of nitrogens with zero attached hydrogens (tertiary/aromatic N) is 2. The fraction of sp³-hybridized carbons (Fsp3) is 0.176. The summed E-state index contributed by atoms with van der Waals surface area (Å²) in [7, 11) is 0. The molecule has 2 aromatic carbocycles. The Kier molecular flexibility index (Phi) is 4.19. The lowest BCUT2D eigenvalue weighted by Crippen LogP contribution is -2.43. The van der Waals surface area contributed by atoms with Crippen LogP contribution in [0.15, 0.2) is 53.6 Å². The summed E-state index contributed by atoms with van der Waals surface area (Å²) in [6.07, 6.45) is -5.81. The molecule has 0 bridgehead atoms. The van der Waals surface area contributed by atoms with Crippen LogP contribution < -0.4 is 5.73 Å². The minimum Gasteiger partial charge on any atom is -0.399 e. The first kappa shape index (κ1) is 17.9. The Morgan fingerprint density at radius 2 is 1.85 bits per heavy atom. The molecule has 3 rings (SSSR count). The predicted molar refractivity (Wildman–Crippen MR) is 85.4 cm³/mol. The van der Waals surface area contributed by atoms with E-state index in [-0.39, 0.29) is 16.8 Å². The van der Waals surface area contributed by atoms with Gasteiger partial charge in [-0.15, -0.1) is 0 Å². The molecule has 0 spiro atoms. The number of nitrogen functional groups attached to an aromatic ring is 1. The maximum absolute atomic E-state index is 13.1. The van der Waals surface area contributed by atoms with Gasteiger partial charge in [0.25, 0.3) is 5.91 Å². The van der Waals surface area contributed by atoms with E-state index < -0.39 is 35.8 Å². The number of rotatable bonds is 2. The number of alkyl halides is 3. The number of amides is 1. The Morgan fingerprint density at radius 1 is 1.19 bits per heavy atom. The highest BCUT2D eigenvalue weighted by Gasteiger charge is 2.53. The molecule has 0 saturated heterocycles. The van der Waals surface area contributed by atoms with Crippen LogP contribution in [0, 0.1) is 5.82 Å².